The fourth-order valence-corrected chi connectivity index (χ4v) is 3.05. The predicted octanol–water partition coefficient (Wildman–Crippen LogP) is 4.54. The van der Waals surface area contributed by atoms with Crippen LogP contribution in [0.15, 0.2) is 37.4 Å². The fraction of sp³-hybridized carbons (Fsp3) is 0.333. The van der Waals surface area contributed by atoms with E-state index in [0.29, 0.717) is 5.75 Å². The van der Waals surface area contributed by atoms with Crippen LogP contribution in [-0.4, -0.2) is 16.6 Å². The summed E-state index contributed by atoms with van der Waals surface area (Å²) in [5, 5.41) is 10.0. The van der Waals surface area contributed by atoms with Crippen LogP contribution in [0, 0.1) is 6.92 Å². The van der Waals surface area contributed by atoms with Crippen LogP contribution in [0.4, 0.5) is 0 Å². The molecular weight excluding hydrogens is 260 g/mol. The minimum atomic E-state index is 0.434. The van der Waals surface area contributed by atoms with E-state index in [1.165, 1.54) is 5.56 Å². The number of hydrogen-bond acceptors (Lipinski definition) is 3. The van der Waals surface area contributed by atoms with Gasteiger partial charge in [-0.15, -0.1) is 13.2 Å². The highest BCUT2D eigenvalue weighted by Gasteiger charge is 2.07. The SMILES string of the molecule is C=CCSCc1cc(C)c(O)c(CSCC=C)c1. The molecule has 0 spiro atoms. The monoisotopic (exact) mass is 280 g/mol. The molecule has 0 amide bonds. The van der Waals surface area contributed by atoms with Gasteiger partial charge < -0.3 is 5.11 Å². The Morgan fingerprint density at radius 3 is 2.33 bits per heavy atom. The molecule has 18 heavy (non-hydrogen) atoms. The van der Waals surface area contributed by atoms with E-state index in [-0.39, 0.29) is 0 Å². The third-order valence-electron chi connectivity index (χ3n) is 2.44. The summed E-state index contributed by atoms with van der Waals surface area (Å²) >= 11 is 3.60. The molecular formula is C15H20OS2. The van der Waals surface area contributed by atoms with Crippen LogP contribution >= 0.6 is 23.5 Å². The van der Waals surface area contributed by atoms with Gasteiger partial charge in [0.2, 0.25) is 0 Å². The number of rotatable bonds is 8. The number of phenolic OH excluding ortho intramolecular Hbond substituents is 1. The van der Waals surface area contributed by atoms with Gasteiger partial charge in [0.1, 0.15) is 5.75 Å². The van der Waals surface area contributed by atoms with Crippen molar-refractivity contribution in [2.24, 2.45) is 0 Å². The highest BCUT2D eigenvalue weighted by Crippen LogP contribution is 2.29. The Morgan fingerprint density at radius 1 is 1.11 bits per heavy atom. The summed E-state index contributed by atoms with van der Waals surface area (Å²) in [5.41, 5.74) is 3.25. The smallest absolute Gasteiger partial charge is 0.122 e. The van der Waals surface area contributed by atoms with Gasteiger partial charge in [-0.25, -0.2) is 0 Å². The maximum absolute atomic E-state index is 10.0. The minimum absolute atomic E-state index is 0.434. The third kappa shape index (κ3) is 4.83. The Morgan fingerprint density at radius 2 is 1.72 bits per heavy atom. The van der Waals surface area contributed by atoms with Gasteiger partial charge in [-0.2, -0.15) is 23.5 Å². The zero-order chi connectivity index (χ0) is 13.4. The normalized spacial score (nSPS) is 10.3. The van der Waals surface area contributed by atoms with Gasteiger partial charge in [-0.05, 0) is 18.1 Å². The largest absolute Gasteiger partial charge is 0.507 e. The Balaban J connectivity index is 2.74. The second-order valence-corrected chi connectivity index (χ2v) is 6.09. The van der Waals surface area contributed by atoms with Gasteiger partial charge in [0.05, 0.1) is 0 Å². The van der Waals surface area contributed by atoms with Crippen LogP contribution in [0.25, 0.3) is 0 Å². The van der Waals surface area contributed by atoms with Gasteiger partial charge in [0.25, 0.3) is 0 Å². The van der Waals surface area contributed by atoms with Crippen molar-refractivity contribution in [2.75, 3.05) is 11.5 Å². The molecule has 0 unspecified atom stereocenters. The van der Waals surface area contributed by atoms with Crippen molar-refractivity contribution < 1.29 is 5.11 Å². The quantitative estimate of drug-likeness (QED) is 0.557. The third-order valence-corrected chi connectivity index (χ3v) is 4.43. The van der Waals surface area contributed by atoms with Gasteiger partial charge in [0, 0.05) is 28.6 Å². The summed E-state index contributed by atoms with van der Waals surface area (Å²) in [6.45, 7) is 9.38. The van der Waals surface area contributed by atoms with E-state index in [4.69, 9.17) is 0 Å². The highest BCUT2D eigenvalue weighted by atomic mass is 32.2. The number of benzene rings is 1. The number of aryl methyl sites for hydroxylation is 1. The number of hydrogen-bond donors (Lipinski definition) is 1. The van der Waals surface area contributed by atoms with Crippen molar-refractivity contribution in [3.05, 3.63) is 54.1 Å². The minimum Gasteiger partial charge on any atom is -0.507 e. The summed E-state index contributed by atoms with van der Waals surface area (Å²) < 4.78 is 0. The molecule has 0 heterocycles. The number of thioether (sulfide) groups is 2. The molecule has 98 valence electrons. The van der Waals surface area contributed by atoms with Crippen molar-refractivity contribution >= 4 is 23.5 Å². The van der Waals surface area contributed by atoms with E-state index in [9.17, 15) is 5.11 Å². The van der Waals surface area contributed by atoms with Crippen LogP contribution in [-0.2, 0) is 11.5 Å². The Kier molecular flexibility index (Phi) is 7.06. The number of phenols is 1. The summed E-state index contributed by atoms with van der Waals surface area (Å²) in [5.74, 6) is 4.10. The molecule has 0 bridgehead atoms. The average Bonchev–Trinajstić information content (AvgIpc) is 2.35. The molecule has 0 atom stereocenters. The zero-order valence-corrected chi connectivity index (χ0v) is 12.4. The molecule has 1 rings (SSSR count). The second-order valence-electron chi connectivity index (χ2n) is 4.03. The van der Waals surface area contributed by atoms with Gasteiger partial charge in [-0.3, -0.25) is 0 Å². The number of aromatic hydroxyl groups is 1. The van der Waals surface area contributed by atoms with Crippen molar-refractivity contribution in [3.8, 4) is 5.75 Å². The zero-order valence-electron chi connectivity index (χ0n) is 10.8. The van der Waals surface area contributed by atoms with Crippen LogP contribution in [0.1, 0.15) is 16.7 Å². The first-order chi connectivity index (χ1) is 8.69. The molecule has 0 radical (unpaired) electrons. The fourth-order valence-electron chi connectivity index (χ4n) is 1.64. The topological polar surface area (TPSA) is 20.2 Å². The molecule has 0 aliphatic rings. The Bertz CT molecular complexity index is 413. The maximum Gasteiger partial charge on any atom is 0.122 e. The van der Waals surface area contributed by atoms with Crippen LogP contribution in [0.5, 0.6) is 5.75 Å². The van der Waals surface area contributed by atoms with E-state index >= 15 is 0 Å². The lowest BCUT2D eigenvalue weighted by molar-refractivity contribution is 0.466. The van der Waals surface area contributed by atoms with E-state index < -0.39 is 0 Å². The van der Waals surface area contributed by atoms with Gasteiger partial charge in [-0.1, -0.05) is 24.3 Å². The van der Waals surface area contributed by atoms with Gasteiger partial charge >= 0.3 is 0 Å². The molecule has 0 aliphatic carbocycles. The van der Waals surface area contributed by atoms with Gasteiger partial charge in [0.15, 0.2) is 0 Å². The lowest BCUT2D eigenvalue weighted by Gasteiger charge is -2.10. The van der Waals surface area contributed by atoms with E-state index in [2.05, 4.69) is 25.3 Å². The van der Waals surface area contributed by atoms with Crippen molar-refractivity contribution in [1.29, 1.82) is 0 Å². The molecule has 1 aromatic rings. The molecule has 1 nitrogen and oxygen atoms in total. The summed E-state index contributed by atoms with van der Waals surface area (Å²) in [6.07, 6.45) is 3.80. The highest BCUT2D eigenvalue weighted by molar-refractivity contribution is 7.98. The van der Waals surface area contributed by atoms with Crippen molar-refractivity contribution in [3.63, 3.8) is 0 Å². The lowest BCUT2D eigenvalue weighted by Crippen LogP contribution is -1.91. The molecule has 0 fully saturated rings. The first-order valence-electron chi connectivity index (χ1n) is 5.87. The van der Waals surface area contributed by atoms with Crippen molar-refractivity contribution in [1.82, 2.24) is 0 Å². The van der Waals surface area contributed by atoms with E-state index in [0.717, 1.165) is 34.1 Å². The molecule has 3 heteroatoms. The van der Waals surface area contributed by atoms with Crippen LogP contribution in [0.3, 0.4) is 0 Å². The Hall–Kier alpha value is -0.800. The van der Waals surface area contributed by atoms with Crippen molar-refractivity contribution in [2.45, 2.75) is 18.4 Å². The standard InChI is InChI=1S/C15H20OS2/c1-4-6-17-10-13-8-12(3)15(16)14(9-13)11-18-7-5-2/h4-5,8-9,16H,1-2,6-7,10-11H2,3H3. The summed E-state index contributed by atoms with van der Waals surface area (Å²) in [7, 11) is 0. The molecule has 1 N–H and O–H groups in total. The maximum atomic E-state index is 10.0. The molecule has 1 aromatic carbocycles. The van der Waals surface area contributed by atoms with E-state index in [1.807, 2.05) is 30.8 Å². The second kappa shape index (κ2) is 8.33. The first kappa shape index (κ1) is 15.3. The molecule has 0 aromatic heterocycles. The summed E-state index contributed by atoms with van der Waals surface area (Å²) in [4.78, 5) is 0. The van der Waals surface area contributed by atoms with Crippen LogP contribution < -0.4 is 0 Å². The van der Waals surface area contributed by atoms with E-state index in [1.54, 1.807) is 11.8 Å². The van der Waals surface area contributed by atoms with Crippen LogP contribution in [0.2, 0.25) is 0 Å². The predicted molar refractivity (Wildman–Crippen MR) is 85.6 cm³/mol. The molecule has 0 saturated carbocycles. The molecule has 0 aliphatic heterocycles. The molecule has 0 saturated heterocycles. The Labute approximate surface area is 118 Å². The summed E-state index contributed by atoms with van der Waals surface area (Å²) in [6, 6.07) is 4.17. The lowest BCUT2D eigenvalue weighted by atomic mass is 10.1. The first-order valence-corrected chi connectivity index (χ1v) is 8.18. The average molecular weight is 280 g/mol.